The number of fused-ring (bicyclic) bond motifs is 2. The van der Waals surface area contributed by atoms with Gasteiger partial charge < -0.3 is 14.6 Å². The van der Waals surface area contributed by atoms with Gasteiger partial charge in [-0.1, -0.05) is 24.3 Å². The van der Waals surface area contributed by atoms with E-state index in [4.69, 9.17) is 9.68 Å². The zero-order chi connectivity index (χ0) is 27.0. The van der Waals surface area contributed by atoms with Crippen LogP contribution in [-0.4, -0.2) is 46.8 Å². The highest BCUT2D eigenvalue weighted by Gasteiger charge is 2.47. The lowest BCUT2D eigenvalue weighted by molar-refractivity contribution is -0.131. The predicted octanol–water partition coefficient (Wildman–Crippen LogP) is 5.34. The Morgan fingerprint density at radius 1 is 1.24 bits per heavy atom. The average Bonchev–Trinajstić information content (AvgIpc) is 3.44. The summed E-state index contributed by atoms with van der Waals surface area (Å²) in [6, 6.07) is 13.6. The summed E-state index contributed by atoms with van der Waals surface area (Å²) >= 11 is 0. The molecule has 1 aliphatic heterocycles. The smallest absolute Gasteiger partial charge is 0.268 e. The number of nitrogens with zero attached hydrogens (tertiary/aromatic N) is 3. The molecule has 1 unspecified atom stereocenters. The molecule has 9 heteroatoms. The molecular weight excluding hydrogens is 490 g/mol. The van der Waals surface area contributed by atoms with E-state index < -0.39 is 43.3 Å². The van der Waals surface area contributed by atoms with Crippen molar-refractivity contribution in [3.8, 4) is 6.07 Å². The normalized spacial score (nSPS) is 17.1. The number of furan rings is 1. The SMILES string of the molecule is C/C(=C\c1ccc2nccc(C(=O)NCC(=O)N3CC(F)(F)CC3C#N)c2c1)c1ccc2c(C)coc2c1. The van der Waals surface area contributed by atoms with Crippen LogP contribution in [0.4, 0.5) is 8.78 Å². The Morgan fingerprint density at radius 3 is 2.84 bits per heavy atom. The first kappa shape index (κ1) is 25.1. The highest BCUT2D eigenvalue weighted by molar-refractivity contribution is 6.07. The summed E-state index contributed by atoms with van der Waals surface area (Å²) in [5, 5.41) is 13.3. The number of aromatic nitrogens is 1. The van der Waals surface area contributed by atoms with Gasteiger partial charge in [-0.05, 0) is 60.4 Å². The van der Waals surface area contributed by atoms with Gasteiger partial charge in [-0.2, -0.15) is 5.26 Å². The molecule has 38 heavy (non-hydrogen) atoms. The monoisotopic (exact) mass is 514 g/mol. The summed E-state index contributed by atoms with van der Waals surface area (Å²) in [6.07, 6.45) is 4.51. The first-order chi connectivity index (χ1) is 18.1. The fourth-order valence-electron chi connectivity index (χ4n) is 4.74. The van der Waals surface area contributed by atoms with Crippen LogP contribution in [0.25, 0.3) is 33.5 Å². The zero-order valence-corrected chi connectivity index (χ0v) is 20.8. The van der Waals surface area contributed by atoms with Crippen molar-refractivity contribution in [2.24, 2.45) is 0 Å². The van der Waals surface area contributed by atoms with Crippen molar-refractivity contribution in [3.05, 3.63) is 77.2 Å². The van der Waals surface area contributed by atoms with Crippen LogP contribution in [0.1, 0.15) is 40.4 Å². The van der Waals surface area contributed by atoms with Crippen LogP contribution in [0.2, 0.25) is 0 Å². The number of nitrogens with one attached hydrogen (secondary N) is 1. The summed E-state index contributed by atoms with van der Waals surface area (Å²) in [6.45, 7) is 2.65. The number of hydrogen-bond donors (Lipinski definition) is 1. The third-order valence-corrected chi connectivity index (χ3v) is 6.76. The van der Waals surface area contributed by atoms with Crippen molar-refractivity contribution in [1.29, 1.82) is 5.26 Å². The van der Waals surface area contributed by atoms with Gasteiger partial charge in [0.05, 0.1) is 36.5 Å². The van der Waals surface area contributed by atoms with E-state index in [9.17, 15) is 18.4 Å². The van der Waals surface area contributed by atoms with Gasteiger partial charge >= 0.3 is 0 Å². The molecule has 2 aromatic carbocycles. The Kier molecular flexibility index (Phi) is 6.41. The molecule has 192 valence electrons. The van der Waals surface area contributed by atoms with E-state index in [2.05, 4.69) is 10.3 Å². The van der Waals surface area contributed by atoms with Crippen LogP contribution in [-0.2, 0) is 4.79 Å². The molecule has 2 amide bonds. The number of likely N-dealkylation sites (tertiary alicyclic amines) is 1. The maximum Gasteiger partial charge on any atom is 0.268 e. The van der Waals surface area contributed by atoms with E-state index in [1.807, 2.05) is 50.3 Å². The van der Waals surface area contributed by atoms with Gasteiger partial charge in [-0.25, -0.2) is 8.78 Å². The molecule has 7 nitrogen and oxygen atoms in total. The third-order valence-electron chi connectivity index (χ3n) is 6.76. The van der Waals surface area contributed by atoms with Gasteiger partial charge in [0.25, 0.3) is 11.8 Å². The van der Waals surface area contributed by atoms with Crippen LogP contribution in [0.15, 0.2) is 59.3 Å². The molecule has 0 aliphatic carbocycles. The lowest BCUT2D eigenvalue weighted by atomic mass is 10.0. The minimum Gasteiger partial charge on any atom is -0.464 e. The zero-order valence-electron chi connectivity index (χ0n) is 20.8. The topological polar surface area (TPSA) is 99.2 Å². The number of nitriles is 1. The molecule has 3 heterocycles. The predicted molar refractivity (Wildman–Crippen MR) is 139 cm³/mol. The van der Waals surface area contributed by atoms with Crippen molar-refractivity contribution in [2.75, 3.05) is 13.1 Å². The minimum atomic E-state index is -3.12. The van der Waals surface area contributed by atoms with Crippen molar-refractivity contribution < 1.29 is 22.8 Å². The molecule has 1 aliphatic rings. The maximum absolute atomic E-state index is 13.7. The quantitative estimate of drug-likeness (QED) is 0.363. The van der Waals surface area contributed by atoms with Crippen molar-refractivity contribution in [3.63, 3.8) is 0 Å². The number of carbonyl (C=O) groups excluding carboxylic acids is 2. The summed E-state index contributed by atoms with van der Waals surface area (Å²) in [5.41, 5.74) is 5.61. The van der Waals surface area contributed by atoms with Crippen LogP contribution in [0.3, 0.4) is 0 Å². The van der Waals surface area contributed by atoms with E-state index in [1.165, 1.54) is 12.3 Å². The lowest BCUT2D eigenvalue weighted by Crippen LogP contribution is -2.43. The number of pyridine rings is 1. The second-order valence-electron chi connectivity index (χ2n) is 9.50. The van der Waals surface area contributed by atoms with Crippen LogP contribution >= 0.6 is 0 Å². The largest absolute Gasteiger partial charge is 0.464 e. The van der Waals surface area contributed by atoms with Crippen molar-refractivity contribution >= 4 is 45.3 Å². The fourth-order valence-corrected chi connectivity index (χ4v) is 4.74. The highest BCUT2D eigenvalue weighted by Crippen LogP contribution is 2.32. The standard InChI is InChI=1S/C29H24F2N4O3/c1-17(20-4-5-22-18(2)15-38-26(22)11-20)9-19-3-6-25-24(10-19)23(7-8-33-25)28(37)34-14-27(36)35-16-29(30,31)12-21(35)13-32/h3-11,15,21H,12,14,16H2,1-2H3,(H,34,37)/b17-9+. The maximum atomic E-state index is 13.7. The van der Waals surface area contributed by atoms with E-state index in [0.717, 1.165) is 38.1 Å². The Hall–Kier alpha value is -4.58. The van der Waals surface area contributed by atoms with E-state index in [0.29, 0.717) is 16.5 Å². The molecule has 5 rings (SSSR count). The molecule has 0 saturated carbocycles. The van der Waals surface area contributed by atoms with Gasteiger partial charge in [0.15, 0.2) is 0 Å². The van der Waals surface area contributed by atoms with Gasteiger partial charge in [-0.3, -0.25) is 14.6 Å². The second kappa shape index (κ2) is 9.71. The van der Waals surface area contributed by atoms with E-state index in [-0.39, 0.29) is 0 Å². The first-order valence-corrected chi connectivity index (χ1v) is 12.1. The first-order valence-electron chi connectivity index (χ1n) is 12.1. The molecule has 1 N–H and O–H groups in total. The summed E-state index contributed by atoms with van der Waals surface area (Å²) in [5.74, 6) is -4.39. The molecule has 1 fully saturated rings. The molecule has 1 saturated heterocycles. The molecule has 4 aromatic rings. The number of aryl methyl sites for hydroxylation is 1. The number of alkyl halides is 2. The summed E-state index contributed by atoms with van der Waals surface area (Å²) in [7, 11) is 0. The summed E-state index contributed by atoms with van der Waals surface area (Å²) < 4.78 is 33.0. The number of allylic oxidation sites excluding steroid dienone is 1. The molecule has 0 spiro atoms. The number of benzene rings is 2. The van der Waals surface area contributed by atoms with Crippen molar-refractivity contribution in [2.45, 2.75) is 32.2 Å². The number of halogens is 2. The fraction of sp³-hybridized carbons (Fsp3) is 0.241. The highest BCUT2D eigenvalue weighted by atomic mass is 19.3. The van der Waals surface area contributed by atoms with Crippen LogP contribution in [0.5, 0.6) is 0 Å². The average molecular weight is 515 g/mol. The second-order valence-corrected chi connectivity index (χ2v) is 9.50. The number of amides is 2. The van der Waals surface area contributed by atoms with Crippen molar-refractivity contribution in [1.82, 2.24) is 15.2 Å². The molecule has 0 bridgehead atoms. The number of carbonyl (C=O) groups is 2. The Bertz CT molecular complexity index is 1650. The molecular formula is C29H24F2N4O3. The van der Waals surface area contributed by atoms with Gasteiger partial charge in [-0.15, -0.1) is 0 Å². The van der Waals surface area contributed by atoms with Gasteiger partial charge in [0, 0.05) is 23.4 Å². The van der Waals surface area contributed by atoms with Gasteiger partial charge in [0.1, 0.15) is 11.6 Å². The third kappa shape index (κ3) is 4.85. The number of hydrogen-bond acceptors (Lipinski definition) is 5. The van der Waals surface area contributed by atoms with Gasteiger partial charge in [0.2, 0.25) is 5.91 Å². The Balaban J connectivity index is 1.36. The minimum absolute atomic E-state index is 0.298. The molecule has 0 radical (unpaired) electrons. The number of rotatable bonds is 5. The van der Waals surface area contributed by atoms with E-state index in [1.54, 1.807) is 18.4 Å². The Labute approximate surface area is 217 Å². The van der Waals surface area contributed by atoms with Crippen LogP contribution < -0.4 is 5.32 Å². The molecule has 1 atom stereocenters. The Morgan fingerprint density at radius 2 is 2.05 bits per heavy atom. The lowest BCUT2D eigenvalue weighted by Gasteiger charge is -2.19. The van der Waals surface area contributed by atoms with Crippen LogP contribution in [0, 0.1) is 18.3 Å². The molecule has 2 aromatic heterocycles. The summed E-state index contributed by atoms with van der Waals surface area (Å²) in [4.78, 5) is 30.6. The van der Waals surface area contributed by atoms with E-state index >= 15 is 0 Å².